The molecule has 0 aromatic heterocycles. The zero-order valence-corrected chi connectivity index (χ0v) is 24.0. The number of nitrogens with zero attached hydrogens (tertiary/aromatic N) is 1. The molecular weight excluding hydrogens is 526 g/mol. The Bertz CT molecular complexity index is 1480. The van der Waals surface area contributed by atoms with E-state index in [-0.39, 0.29) is 23.7 Å². The Morgan fingerprint density at radius 1 is 1.05 bits per heavy atom. The number of rotatable bonds is 7. The molecule has 1 unspecified atom stereocenters. The van der Waals surface area contributed by atoms with Crippen LogP contribution in [-0.4, -0.2) is 32.5 Å². The summed E-state index contributed by atoms with van der Waals surface area (Å²) in [5.41, 5.74) is 4.52. The Labute approximate surface area is 240 Å². The molecule has 0 radical (unpaired) electrons. The third-order valence-corrected chi connectivity index (χ3v) is 7.85. The van der Waals surface area contributed by atoms with Crippen molar-refractivity contribution in [2.45, 2.75) is 39.3 Å². The van der Waals surface area contributed by atoms with Crippen LogP contribution in [0.2, 0.25) is 5.02 Å². The molecule has 2 aliphatic rings. The first-order chi connectivity index (χ1) is 19.2. The molecule has 3 aromatic carbocycles. The molecule has 0 saturated carbocycles. The molecule has 1 aliphatic carbocycles. The van der Waals surface area contributed by atoms with Crippen LogP contribution in [0.1, 0.15) is 43.9 Å². The predicted octanol–water partition coefficient (Wildman–Crippen LogP) is 6.29. The third kappa shape index (κ3) is 5.52. The Kier molecular flexibility index (Phi) is 7.76. The SMILES string of the molecule is COc1ccc(OC)c(C2C3=C(CC(C)(C)CC3=O)Nc3ccccc3N2CC(=O)NCc2ccccc2Cl)c1. The van der Waals surface area contributed by atoms with Crippen molar-refractivity contribution in [2.24, 2.45) is 5.41 Å². The Morgan fingerprint density at radius 2 is 1.80 bits per heavy atom. The number of allylic oxidation sites excluding steroid dienone is 1. The number of amides is 1. The van der Waals surface area contributed by atoms with Crippen LogP contribution in [0.3, 0.4) is 0 Å². The minimum atomic E-state index is -0.592. The number of halogens is 1. The highest BCUT2D eigenvalue weighted by Gasteiger charge is 2.43. The fraction of sp³-hybridized carbons (Fsp3) is 0.312. The molecule has 0 fully saturated rings. The van der Waals surface area contributed by atoms with Gasteiger partial charge in [-0.05, 0) is 53.8 Å². The average molecular weight is 560 g/mol. The van der Waals surface area contributed by atoms with E-state index in [2.05, 4.69) is 24.5 Å². The number of ether oxygens (including phenoxy) is 2. The number of fused-ring (bicyclic) bond motifs is 1. The van der Waals surface area contributed by atoms with E-state index in [1.165, 1.54) is 0 Å². The summed E-state index contributed by atoms with van der Waals surface area (Å²) in [5.74, 6) is 1.09. The van der Waals surface area contributed by atoms with E-state index in [1.807, 2.05) is 65.6 Å². The predicted molar refractivity (Wildman–Crippen MR) is 158 cm³/mol. The summed E-state index contributed by atoms with van der Waals surface area (Å²) in [5, 5.41) is 7.19. The van der Waals surface area contributed by atoms with E-state index >= 15 is 0 Å². The van der Waals surface area contributed by atoms with E-state index in [0.29, 0.717) is 41.5 Å². The Balaban J connectivity index is 1.64. The molecule has 0 saturated heterocycles. The summed E-state index contributed by atoms with van der Waals surface area (Å²) in [6.07, 6.45) is 1.09. The van der Waals surface area contributed by atoms with Crippen LogP contribution in [-0.2, 0) is 16.1 Å². The molecule has 0 bridgehead atoms. The Hall–Kier alpha value is -3.97. The van der Waals surface area contributed by atoms with E-state index in [0.717, 1.165) is 28.2 Å². The number of nitrogens with one attached hydrogen (secondary N) is 2. The molecular formula is C32H34ClN3O4. The number of benzene rings is 3. The zero-order chi connectivity index (χ0) is 28.4. The first-order valence-electron chi connectivity index (χ1n) is 13.3. The monoisotopic (exact) mass is 559 g/mol. The van der Waals surface area contributed by atoms with Crippen LogP contribution in [0.15, 0.2) is 78.0 Å². The normalized spacial score (nSPS) is 17.8. The highest BCUT2D eigenvalue weighted by molar-refractivity contribution is 6.31. The van der Waals surface area contributed by atoms with Crippen LogP contribution in [0.25, 0.3) is 0 Å². The van der Waals surface area contributed by atoms with Gasteiger partial charge in [-0.3, -0.25) is 9.59 Å². The quantitative estimate of drug-likeness (QED) is 0.354. The van der Waals surface area contributed by atoms with Crippen LogP contribution in [0.4, 0.5) is 11.4 Å². The second-order valence-electron chi connectivity index (χ2n) is 11.0. The van der Waals surface area contributed by atoms with Gasteiger partial charge in [0.05, 0.1) is 38.2 Å². The number of carbonyl (C=O) groups is 2. The van der Waals surface area contributed by atoms with E-state index in [1.54, 1.807) is 20.3 Å². The maximum atomic E-state index is 14.0. The lowest BCUT2D eigenvalue weighted by atomic mass is 9.73. The van der Waals surface area contributed by atoms with Crippen molar-refractivity contribution < 1.29 is 19.1 Å². The average Bonchev–Trinajstić information content (AvgIpc) is 3.06. The van der Waals surface area contributed by atoms with Gasteiger partial charge in [0.15, 0.2) is 5.78 Å². The fourth-order valence-corrected chi connectivity index (χ4v) is 5.85. The molecule has 1 atom stereocenters. The summed E-state index contributed by atoms with van der Waals surface area (Å²) in [7, 11) is 3.21. The van der Waals surface area contributed by atoms with E-state index < -0.39 is 6.04 Å². The second-order valence-corrected chi connectivity index (χ2v) is 11.4. The molecule has 5 rings (SSSR count). The molecule has 2 N–H and O–H groups in total. The highest BCUT2D eigenvalue weighted by atomic mass is 35.5. The van der Waals surface area contributed by atoms with Crippen molar-refractivity contribution in [1.82, 2.24) is 5.32 Å². The maximum Gasteiger partial charge on any atom is 0.239 e. The molecule has 40 heavy (non-hydrogen) atoms. The molecule has 1 heterocycles. The Morgan fingerprint density at radius 3 is 2.55 bits per heavy atom. The van der Waals surface area contributed by atoms with E-state index in [9.17, 15) is 9.59 Å². The molecule has 1 aliphatic heterocycles. The molecule has 7 nitrogen and oxygen atoms in total. The standard InChI is InChI=1S/C32H34ClN3O4/c1-32(2)16-25-30(27(37)17-32)31(22-15-21(39-3)13-14-28(22)40-4)36(26-12-8-7-11-24(26)35-25)19-29(38)34-18-20-9-5-6-10-23(20)33/h5-15,31,35H,16-19H2,1-4H3,(H,34,38). The molecule has 0 spiro atoms. The van der Waals surface area contributed by atoms with Gasteiger partial charge in [0.1, 0.15) is 11.5 Å². The van der Waals surface area contributed by atoms with Crippen LogP contribution in [0.5, 0.6) is 11.5 Å². The molecule has 208 valence electrons. The zero-order valence-electron chi connectivity index (χ0n) is 23.2. The van der Waals surface area contributed by atoms with Gasteiger partial charge in [-0.25, -0.2) is 0 Å². The van der Waals surface area contributed by atoms with Gasteiger partial charge < -0.3 is 25.0 Å². The number of anilines is 2. The summed E-state index contributed by atoms with van der Waals surface area (Å²) < 4.78 is 11.4. The van der Waals surface area contributed by atoms with Crippen molar-refractivity contribution >= 4 is 34.7 Å². The topological polar surface area (TPSA) is 79.9 Å². The van der Waals surface area contributed by atoms with Gasteiger partial charge in [0.2, 0.25) is 5.91 Å². The number of para-hydroxylation sites is 2. The number of methoxy groups -OCH3 is 2. The van der Waals surface area contributed by atoms with Gasteiger partial charge in [-0.2, -0.15) is 0 Å². The lowest BCUT2D eigenvalue weighted by Crippen LogP contribution is -2.42. The van der Waals surface area contributed by atoms with Gasteiger partial charge >= 0.3 is 0 Å². The number of Topliss-reactive ketones (excluding diaryl/α,β-unsaturated/α-hetero) is 1. The minimum Gasteiger partial charge on any atom is -0.497 e. The fourth-order valence-electron chi connectivity index (χ4n) is 5.65. The van der Waals surface area contributed by atoms with Crippen LogP contribution < -0.4 is 25.0 Å². The smallest absolute Gasteiger partial charge is 0.239 e. The van der Waals surface area contributed by atoms with Crippen molar-refractivity contribution in [3.05, 3.63) is 94.1 Å². The van der Waals surface area contributed by atoms with Gasteiger partial charge in [0.25, 0.3) is 0 Å². The number of carbonyl (C=O) groups excluding carboxylic acids is 2. The highest BCUT2D eigenvalue weighted by Crippen LogP contribution is 2.50. The minimum absolute atomic E-state index is 0.00162. The number of hydrogen-bond donors (Lipinski definition) is 2. The summed E-state index contributed by atoms with van der Waals surface area (Å²) in [6, 6.07) is 20.2. The summed E-state index contributed by atoms with van der Waals surface area (Å²) >= 11 is 6.33. The number of hydrogen-bond acceptors (Lipinski definition) is 6. The summed E-state index contributed by atoms with van der Waals surface area (Å²) in [4.78, 5) is 29.5. The van der Waals surface area contributed by atoms with E-state index in [4.69, 9.17) is 21.1 Å². The summed E-state index contributed by atoms with van der Waals surface area (Å²) in [6.45, 7) is 4.50. The van der Waals surface area contributed by atoms with Gasteiger partial charge in [0, 0.05) is 34.8 Å². The molecule has 8 heteroatoms. The van der Waals surface area contributed by atoms with Crippen LogP contribution >= 0.6 is 11.6 Å². The lowest BCUT2D eigenvalue weighted by Gasteiger charge is -2.38. The van der Waals surface area contributed by atoms with Crippen molar-refractivity contribution in [3.63, 3.8) is 0 Å². The van der Waals surface area contributed by atoms with Gasteiger partial charge in [-0.1, -0.05) is 55.8 Å². The second kappa shape index (κ2) is 11.3. The largest absolute Gasteiger partial charge is 0.497 e. The van der Waals surface area contributed by atoms with Crippen molar-refractivity contribution in [1.29, 1.82) is 0 Å². The first kappa shape index (κ1) is 27.6. The lowest BCUT2D eigenvalue weighted by molar-refractivity contribution is -0.120. The van der Waals surface area contributed by atoms with Crippen molar-refractivity contribution in [2.75, 3.05) is 31.0 Å². The van der Waals surface area contributed by atoms with Crippen molar-refractivity contribution in [3.8, 4) is 11.5 Å². The van der Waals surface area contributed by atoms with Crippen LogP contribution in [0, 0.1) is 5.41 Å². The molecule has 3 aromatic rings. The number of ketones is 1. The maximum absolute atomic E-state index is 14.0. The molecule has 1 amide bonds. The first-order valence-corrected chi connectivity index (χ1v) is 13.7. The third-order valence-electron chi connectivity index (χ3n) is 7.48. The van der Waals surface area contributed by atoms with Gasteiger partial charge in [-0.15, -0.1) is 0 Å².